The van der Waals surface area contributed by atoms with Gasteiger partial charge in [0, 0.05) is 0 Å². The Morgan fingerprint density at radius 3 is 2.00 bits per heavy atom. The zero-order valence-electron chi connectivity index (χ0n) is 10.7. The molecule has 0 spiro atoms. The van der Waals surface area contributed by atoms with Crippen LogP contribution in [0.15, 0.2) is 0 Å². The van der Waals surface area contributed by atoms with Crippen molar-refractivity contribution in [2.75, 3.05) is 20.1 Å². The first-order valence-corrected chi connectivity index (χ1v) is 6.10. The Morgan fingerprint density at radius 1 is 1.14 bits per heavy atom. The van der Waals surface area contributed by atoms with Gasteiger partial charge in [-0.05, 0) is 50.2 Å². The van der Waals surface area contributed by atoms with Crippen LogP contribution in [0.5, 0.6) is 0 Å². The molecule has 0 atom stereocenters. The molecule has 1 aliphatic rings. The maximum Gasteiger partial charge on any atom is -0.00163 e. The van der Waals surface area contributed by atoms with Gasteiger partial charge in [0.05, 0.1) is 0 Å². The molecule has 0 aromatic heterocycles. The van der Waals surface area contributed by atoms with Gasteiger partial charge in [-0.25, -0.2) is 0 Å². The highest BCUT2D eigenvalue weighted by molar-refractivity contribution is 4.93. The van der Waals surface area contributed by atoms with Crippen LogP contribution in [0.25, 0.3) is 0 Å². The minimum Gasteiger partial charge on any atom is -0.306 e. The van der Waals surface area contributed by atoms with Crippen molar-refractivity contribution in [2.45, 2.75) is 53.4 Å². The average Bonchev–Trinajstić information content (AvgIpc) is 2.07. The van der Waals surface area contributed by atoms with E-state index in [0.29, 0.717) is 10.8 Å². The normalized spacial score (nSPS) is 23.8. The Kier molecular flexibility index (Phi) is 3.63. The van der Waals surface area contributed by atoms with Gasteiger partial charge in [0.15, 0.2) is 0 Å². The third-order valence-electron chi connectivity index (χ3n) is 4.26. The molecule has 0 saturated carbocycles. The number of hydrogen-bond donors (Lipinski definition) is 0. The van der Waals surface area contributed by atoms with E-state index in [2.05, 4.69) is 39.6 Å². The molecule has 0 aliphatic carbocycles. The summed E-state index contributed by atoms with van der Waals surface area (Å²) in [5.74, 6) is 0. The summed E-state index contributed by atoms with van der Waals surface area (Å²) in [5.41, 5.74) is 1.08. The molecule has 84 valence electrons. The van der Waals surface area contributed by atoms with E-state index in [-0.39, 0.29) is 0 Å². The second kappa shape index (κ2) is 4.22. The smallest absolute Gasteiger partial charge is 0.00163 e. The third kappa shape index (κ3) is 2.31. The Morgan fingerprint density at radius 2 is 1.64 bits per heavy atom. The highest BCUT2D eigenvalue weighted by atomic mass is 15.1. The molecule has 14 heavy (non-hydrogen) atoms. The molecule has 1 heterocycles. The van der Waals surface area contributed by atoms with Gasteiger partial charge < -0.3 is 4.90 Å². The molecule has 1 fully saturated rings. The van der Waals surface area contributed by atoms with Crippen molar-refractivity contribution >= 4 is 0 Å². The molecule has 1 aliphatic heterocycles. The van der Waals surface area contributed by atoms with Crippen LogP contribution >= 0.6 is 0 Å². The van der Waals surface area contributed by atoms with Gasteiger partial charge in [-0.3, -0.25) is 0 Å². The Bertz CT molecular complexity index is 170. The van der Waals surface area contributed by atoms with Gasteiger partial charge in [-0.2, -0.15) is 0 Å². The third-order valence-corrected chi connectivity index (χ3v) is 4.26. The fourth-order valence-corrected chi connectivity index (χ4v) is 2.90. The van der Waals surface area contributed by atoms with Crippen molar-refractivity contribution in [2.24, 2.45) is 10.8 Å². The second-order valence-electron chi connectivity index (χ2n) is 6.08. The number of piperidine rings is 1. The minimum atomic E-state index is 0.476. The van der Waals surface area contributed by atoms with Crippen LogP contribution in [0.4, 0.5) is 0 Å². The fraction of sp³-hybridized carbons (Fsp3) is 1.00. The molecule has 1 nitrogen and oxygen atoms in total. The Balaban J connectivity index is 2.73. The Hall–Kier alpha value is -0.0400. The molecule has 0 bridgehead atoms. The molecular formula is C13H27N. The van der Waals surface area contributed by atoms with Crippen LogP contribution in [-0.4, -0.2) is 25.0 Å². The number of rotatable bonds is 2. The molecule has 0 N–H and O–H groups in total. The lowest BCUT2D eigenvalue weighted by Gasteiger charge is -2.50. The summed E-state index contributed by atoms with van der Waals surface area (Å²) in [6.45, 7) is 12.2. The molecule has 0 radical (unpaired) electrons. The second-order valence-corrected chi connectivity index (χ2v) is 6.08. The highest BCUT2D eigenvalue weighted by Gasteiger charge is 2.42. The lowest BCUT2D eigenvalue weighted by Crippen LogP contribution is -2.45. The summed E-state index contributed by atoms with van der Waals surface area (Å²) >= 11 is 0. The monoisotopic (exact) mass is 197 g/mol. The van der Waals surface area contributed by atoms with E-state index < -0.39 is 0 Å². The number of nitrogens with zero attached hydrogens (tertiary/aromatic N) is 1. The van der Waals surface area contributed by atoms with Crippen LogP contribution < -0.4 is 0 Å². The predicted molar refractivity (Wildman–Crippen MR) is 63.5 cm³/mol. The van der Waals surface area contributed by atoms with Gasteiger partial charge in [0.2, 0.25) is 0 Å². The largest absolute Gasteiger partial charge is 0.306 e. The van der Waals surface area contributed by atoms with Gasteiger partial charge in [0.1, 0.15) is 0 Å². The zero-order valence-corrected chi connectivity index (χ0v) is 10.7. The molecule has 0 aromatic rings. The Labute approximate surface area is 89.9 Å². The molecule has 1 saturated heterocycles. The van der Waals surface area contributed by atoms with E-state index in [1.165, 1.54) is 38.8 Å². The van der Waals surface area contributed by atoms with E-state index in [0.717, 1.165) is 0 Å². The first kappa shape index (κ1) is 12.0. The van der Waals surface area contributed by atoms with Crippen LogP contribution in [0.1, 0.15) is 53.4 Å². The van der Waals surface area contributed by atoms with Crippen molar-refractivity contribution in [1.82, 2.24) is 4.90 Å². The first-order chi connectivity index (χ1) is 6.41. The van der Waals surface area contributed by atoms with Crippen molar-refractivity contribution in [3.63, 3.8) is 0 Å². The van der Waals surface area contributed by atoms with Crippen LogP contribution in [-0.2, 0) is 0 Å². The van der Waals surface area contributed by atoms with E-state index in [1.807, 2.05) is 0 Å². The standard InChI is InChI=1S/C13H27N/c1-6-7-13(12(2,3)4)8-10-14(5)11-9-13/h6-11H2,1-5H3. The van der Waals surface area contributed by atoms with Crippen molar-refractivity contribution in [1.29, 1.82) is 0 Å². The van der Waals surface area contributed by atoms with Crippen LogP contribution in [0, 0.1) is 10.8 Å². The van der Waals surface area contributed by atoms with Gasteiger partial charge in [-0.15, -0.1) is 0 Å². The topological polar surface area (TPSA) is 3.24 Å². The summed E-state index contributed by atoms with van der Waals surface area (Å²) < 4.78 is 0. The maximum atomic E-state index is 2.47. The summed E-state index contributed by atoms with van der Waals surface area (Å²) in [7, 11) is 2.25. The highest BCUT2D eigenvalue weighted by Crippen LogP contribution is 2.49. The number of hydrogen-bond acceptors (Lipinski definition) is 1. The molecule has 0 unspecified atom stereocenters. The van der Waals surface area contributed by atoms with Crippen molar-refractivity contribution < 1.29 is 0 Å². The SMILES string of the molecule is CCCC1(C(C)(C)C)CCN(C)CC1. The molecule has 1 heteroatoms. The summed E-state index contributed by atoms with van der Waals surface area (Å²) in [5, 5.41) is 0. The van der Waals surface area contributed by atoms with Crippen molar-refractivity contribution in [3.05, 3.63) is 0 Å². The van der Waals surface area contributed by atoms with Gasteiger partial charge in [0.25, 0.3) is 0 Å². The van der Waals surface area contributed by atoms with E-state index in [1.54, 1.807) is 0 Å². The van der Waals surface area contributed by atoms with E-state index in [9.17, 15) is 0 Å². The number of likely N-dealkylation sites (tertiary alicyclic amines) is 1. The van der Waals surface area contributed by atoms with E-state index in [4.69, 9.17) is 0 Å². The average molecular weight is 197 g/mol. The molecular weight excluding hydrogens is 170 g/mol. The fourth-order valence-electron chi connectivity index (χ4n) is 2.90. The maximum absolute atomic E-state index is 2.47. The minimum absolute atomic E-state index is 0.476. The molecule has 0 amide bonds. The van der Waals surface area contributed by atoms with Crippen LogP contribution in [0.2, 0.25) is 0 Å². The zero-order chi connectivity index (χ0) is 10.8. The lowest BCUT2D eigenvalue weighted by molar-refractivity contribution is 0.00449. The summed E-state index contributed by atoms with van der Waals surface area (Å²) in [4.78, 5) is 2.47. The van der Waals surface area contributed by atoms with E-state index >= 15 is 0 Å². The summed E-state index contributed by atoms with van der Waals surface area (Å²) in [6, 6.07) is 0. The van der Waals surface area contributed by atoms with Gasteiger partial charge >= 0.3 is 0 Å². The lowest BCUT2D eigenvalue weighted by atomic mass is 9.59. The predicted octanol–water partition coefficient (Wildman–Crippen LogP) is 3.54. The van der Waals surface area contributed by atoms with Gasteiger partial charge in [-0.1, -0.05) is 34.1 Å². The van der Waals surface area contributed by atoms with Crippen molar-refractivity contribution in [3.8, 4) is 0 Å². The summed E-state index contributed by atoms with van der Waals surface area (Å²) in [6.07, 6.45) is 5.52. The molecule has 0 aromatic carbocycles. The first-order valence-electron chi connectivity index (χ1n) is 6.10. The van der Waals surface area contributed by atoms with Crippen LogP contribution in [0.3, 0.4) is 0 Å². The molecule has 1 rings (SSSR count). The quantitative estimate of drug-likeness (QED) is 0.654.